The maximum atomic E-state index is 13.4. The third-order valence-corrected chi connectivity index (χ3v) is 6.49. The lowest BCUT2D eigenvalue weighted by Gasteiger charge is -2.34. The van der Waals surface area contributed by atoms with E-state index in [4.69, 9.17) is 9.15 Å². The normalized spacial score (nSPS) is 20.8. The topological polar surface area (TPSA) is 122 Å². The number of hydrogen-bond acceptors (Lipinski definition) is 9. The fraction of sp³-hybridized carbons (Fsp3) is 0.375. The Morgan fingerprint density at radius 3 is 2.78 bits per heavy atom. The van der Waals surface area contributed by atoms with E-state index in [0.29, 0.717) is 12.3 Å². The molecule has 12 heteroatoms. The molecule has 3 heterocycles. The highest BCUT2D eigenvalue weighted by Crippen LogP contribution is 2.58. The number of aromatic nitrogens is 3. The molecule has 1 saturated carbocycles. The van der Waals surface area contributed by atoms with Crippen molar-refractivity contribution in [3.05, 3.63) is 54.1 Å². The Hall–Kier alpha value is -4.09. The van der Waals surface area contributed by atoms with Crippen LogP contribution in [0, 0.1) is 23.0 Å². The van der Waals surface area contributed by atoms with Crippen LogP contribution in [-0.4, -0.2) is 46.8 Å². The van der Waals surface area contributed by atoms with E-state index in [9.17, 15) is 18.4 Å². The zero-order valence-corrected chi connectivity index (χ0v) is 19.5. The number of rotatable bonds is 7. The zero-order chi connectivity index (χ0) is 25.3. The molecular weight excluding hydrogens is 474 g/mol. The van der Waals surface area contributed by atoms with Crippen molar-refractivity contribution in [1.29, 1.82) is 0 Å². The third kappa shape index (κ3) is 4.83. The summed E-state index contributed by atoms with van der Waals surface area (Å²) in [5.74, 6) is -2.40. The van der Waals surface area contributed by atoms with Crippen LogP contribution in [0.4, 0.5) is 32.0 Å². The molecular formula is C24H24F2N6O4. The second kappa shape index (κ2) is 9.51. The van der Waals surface area contributed by atoms with Gasteiger partial charge in [-0.2, -0.15) is 0 Å². The second-order valence-electron chi connectivity index (χ2n) is 8.92. The Balaban J connectivity index is 1.18. The molecule has 1 aliphatic carbocycles. The molecule has 0 radical (unpaired) electrons. The average Bonchev–Trinajstić information content (AvgIpc) is 3.34. The maximum absolute atomic E-state index is 13.4. The number of ether oxygens (including phenoxy) is 1. The van der Waals surface area contributed by atoms with Crippen molar-refractivity contribution >= 4 is 35.1 Å². The molecule has 188 valence electrons. The van der Waals surface area contributed by atoms with E-state index in [2.05, 4.69) is 30.7 Å². The predicted molar refractivity (Wildman–Crippen MR) is 125 cm³/mol. The first-order valence-corrected chi connectivity index (χ1v) is 11.6. The standard InChI is InChI=1S/C24H24F2N6O4/c1-2-35-22(34)16-11-24(16)8-3-9-32(13-24)19-7-5-15(12-27-19)28-20(33)21-30-31-23(36-21)29-14-4-6-17(25)18(26)10-14/h4-7,10,12,16H,2-3,8-9,11,13H2,1H3,(H,28,33)(H,29,31). The van der Waals surface area contributed by atoms with E-state index >= 15 is 0 Å². The van der Waals surface area contributed by atoms with Crippen molar-refractivity contribution in [3.63, 3.8) is 0 Å². The number of piperidine rings is 1. The Bertz CT molecular complexity index is 1280. The lowest BCUT2D eigenvalue weighted by Crippen LogP contribution is -2.38. The Morgan fingerprint density at radius 1 is 1.19 bits per heavy atom. The maximum Gasteiger partial charge on any atom is 0.320 e. The largest absolute Gasteiger partial charge is 0.466 e. The first kappa shape index (κ1) is 23.6. The number of carbonyl (C=O) groups excluding carboxylic acids is 2. The molecule has 10 nitrogen and oxygen atoms in total. The lowest BCUT2D eigenvalue weighted by molar-refractivity contribution is -0.145. The summed E-state index contributed by atoms with van der Waals surface area (Å²) in [6.07, 6.45) is 4.33. The summed E-state index contributed by atoms with van der Waals surface area (Å²) in [6.45, 7) is 3.78. The molecule has 1 spiro atoms. The van der Waals surface area contributed by atoms with Gasteiger partial charge in [-0.1, -0.05) is 5.10 Å². The van der Waals surface area contributed by atoms with Crippen molar-refractivity contribution in [3.8, 4) is 0 Å². The summed E-state index contributed by atoms with van der Waals surface area (Å²) in [5, 5.41) is 12.6. The van der Waals surface area contributed by atoms with Gasteiger partial charge < -0.3 is 24.7 Å². The number of hydrogen-bond donors (Lipinski definition) is 2. The van der Waals surface area contributed by atoms with Gasteiger partial charge in [-0.05, 0) is 50.5 Å². The van der Waals surface area contributed by atoms with Crippen LogP contribution in [0.2, 0.25) is 0 Å². The lowest BCUT2D eigenvalue weighted by atomic mass is 9.92. The molecule has 2 aliphatic rings. The SMILES string of the molecule is CCOC(=O)C1CC12CCCN(c1ccc(NC(=O)c3nnc(Nc4ccc(F)c(F)c4)o3)cn1)C2. The van der Waals surface area contributed by atoms with Crippen LogP contribution in [-0.2, 0) is 9.53 Å². The number of esters is 1. The number of nitrogens with one attached hydrogen (secondary N) is 2. The van der Waals surface area contributed by atoms with E-state index in [-0.39, 0.29) is 34.9 Å². The van der Waals surface area contributed by atoms with Crippen LogP contribution in [0.3, 0.4) is 0 Å². The molecule has 2 aromatic heterocycles. The number of pyridine rings is 1. The highest BCUT2D eigenvalue weighted by atomic mass is 19.2. The minimum atomic E-state index is -1.04. The molecule has 1 aromatic carbocycles. The summed E-state index contributed by atoms with van der Waals surface area (Å²) in [5.41, 5.74) is 0.575. The van der Waals surface area contributed by atoms with Crippen LogP contribution in [0.25, 0.3) is 0 Å². The number of halogens is 2. The van der Waals surface area contributed by atoms with Gasteiger partial charge in [-0.3, -0.25) is 9.59 Å². The van der Waals surface area contributed by atoms with E-state index in [1.54, 1.807) is 12.1 Å². The quantitative estimate of drug-likeness (QED) is 0.467. The Kier molecular flexibility index (Phi) is 6.25. The average molecular weight is 498 g/mol. The summed E-state index contributed by atoms with van der Waals surface area (Å²) >= 11 is 0. The Labute approximate surface area is 205 Å². The summed E-state index contributed by atoms with van der Waals surface area (Å²) in [7, 11) is 0. The van der Waals surface area contributed by atoms with Gasteiger partial charge >= 0.3 is 23.8 Å². The minimum absolute atomic E-state index is 0.0392. The van der Waals surface area contributed by atoms with Crippen LogP contribution >= 0.6 is 0 Å². The smallest absolute Gasteiger partial charge is 0.320 e. The molecule has 1 saturated heterocycles. The number of nitrogens with zero attached hydrogens (tertiary/aromatic N) is 4. The fourth-order valence-corrected chi connectivity index (χ4v) is 4.63. The number of anilines is 4. The molecule has 2 fully saturated rings. The molecule has 1 amide bonds. The second-order valence-corrected chi connectivity index (χ2v) is 8.92. The zero-order valence-electron chi connectivity index (χ0n) is 19.5. The van der Waals surface area contributed by atoms with Crippen LogP contribution in [0.1, 0.15) is 36.9 Å². The molecule has 1 aliphatic heterocycles. The molecule has 2 N–H and O–H groups in total. The van der Waals surface area contributed by atoms with E-state index < -0.39 is 17.5 Å². The van der Waals surface area contributed by atoms with Crippen molar-refractivity contribution < 1.29 is 27.5 Å². The number of amides is 1. The summed E-state index contributed by atoms with van der Waals surface area (Å²) in [4.78, 5) is 31.3. The highest BCUT2D eigenvalue weighted by Gasteiger charge is 2.60. The first-order valence-electron chi connectivity index (χ1n) is 11.6. The summed E-state index contributed by atoms with van der Waals surface area (Å²) in [6, 6.07) is 6.54. The molecule has 3 aromatic rings. The van der Waals surface area contributed by atoms with Crippen molar-refractivity contribution in [1.82, 2.24) is 15.2 Å². The van der Waals surface area contributed by atoms with Crippen LogP contribution in [0.5, 0.6) is 0 Å². The van der Waals surface area contributed by atoms with Crippen molar-refractivity contribution in [2.75, 3.05) is 35.2 Å². The summed E-state index contributed by atoms with van der Waals surface area (Å²) < 4.78 is 36.9. The first-order chi connectivity index (χ1) is 17.4. The molecule has 0 bridgehead atoms. The fourth-order valence-electron chi connectivity index (χ4n) is 4.63. The monoisotopic (exact) mass is 498 g/mol. The predicted octanol–water partition coefficient (Wildman–Crippen LogP) is 3.91. The van der Waals surface area contributed by atoms with Gasteiger partial charge in [0.15, 0.2) is 11.6 Å². The third-order valence-electron chi connectivity index (χ3n) is 6.49. The van der Waals surface area contributed by atoms with Crippen molar-refractivity contribution in [2.45, 2.75) is 26.2 Å². The number of benzene rings is 1. The Morgan fingerprint density at radius 2 is 2.03 bits per heavy atom. The van der Waals surface area contributed by atoms with E-state index in [0.717, 1.165) is 50.3 Å². The van der Waals surface area contributed by atoms with Gasteiger partial charge in [0, 0.05) is 30.3 Å². The molecule has 5 rings (SSSR count). The van der Waals surface area contributed by atoms with E-state index in [1.807, 2.05) is 6.92 Å². The van der Waals surface area contributed by atoms with Gasteiger partial charge in [0.05, 0.1) is 24.4 Å². The minimum Gasteiger partial charge on any atom is -0.466 e. The van der Waals surface area contributed by atoms with Crippen LogP contribution < -0.4 is 15.5 Å². The van der Waals surface area contributed by atoms with Gasteiger partial charge in [0.2, 0.25) is 0 Å². The van der Waals surface area contributed by atoms with Crippen molar-refractivity contribution in [2.24, 2.45) is 11.3 Å². The molecule has 2 atom stereocenters. The highest BCUT2D eigenvalue weighted by molar-refractivity contribution is 6.00. The molecule has 36 heavy (non-hydrogen) atoms. The molecule has 2 unspecified atom stereocenters. The van der Waals surface area contributed by atoms with Crippen LogP contribution in [0.15, 0.2) is 40.9 Å². The van der Waals surface area contributed by atoms with E-state index in [1.165, 1.54) is 12.3 Å². The van der Waals surface area contributed by atoms with Gasteiger partial charge in [-0.25, -0.2) is 13.8 Å². The number of carbonyl (C=O) groups is 2. The van der Waals surface area contributed by atoms with Gasteiger partial charge in [-0.15, -0.1) is 5.10 Å². The van der Waals surface area contributed by atoms with Gasteiger partial charge in [0.1, 0.15) is 5.82 Å². The van der Waals surface area contributed by atoms with Gasteiger partial charge in [0.25, 0.3) is 0 Å².